The number of benzene rings is 1. The summed E-state index contributed by atoms with van der Waals surface area (Å²) in [5, 5.41) is 5.39. The van der Waals surface area contributed by atoms with Crippen molar-refractivity contribution in [3.8, 4) is 0 Å². The number of Topliss-reactive ketones (excluding diaryl/α,β-unsaturated/α-hetero) is 3. The number of likely N-dealkylation sites (tertiary alicyclic amines) is 1. The van der Waals surface area contributed by atoms with Crippen molar-refractivity contribution < 1.29 is 38.3 Å². The molecule has 50 heavy (non-hydrogen) atoms. The quantitative estimate of drug-likeness (QED) is 0.243. The number of amides is 4. The Bertz CT molecular complexity index is 1450. The fourth-order valence-electron chi connectivity index (χ4n) is 7.10. The van der Waals surface area contributed by atoms with E-state index in [2.05, 4.69) is 24.5 Å². The lowest BCUT2D eigenvalue weighted by atomic mass is 9.84. The zero-order valence-corrected chi connectivity index (χ0v) is 31.3. The Hall–Kier alpha value is -4.09. The summed E-state index contributed by atoms with van der Waals surface area (Å²) in [5.74, 6) is -3.97. The lowest BCUT2D eigenvalue weighted by Crippen LogP contribution is -2.58. The van der Waals surface area contributed by atoms with E-state index in [-0.39, 0.29) is 60.2 Å². The second-order valence-corrected chi connectivity index (χ2v) is 15.9. The third-order valence-electron chi connectivity index (χ3n) is 9.97. The highest BCUT2D eigenvalue weighted by Gasteiger charge is 2.69. The fraction of sp³-hybridized carbons (Fsp3) is 0.658. The number of piperidine rings is 1. The summed E-state index contributed by atoms with van der Waals surface area (Å²) in [7, 11) is 3.16. The zero-order chi connectivity index (χ0) is 37.7. The zero-order valence-electron chi connectivity index (χ0n) is 31.3. The maximum atomic E-state index is 14.1. The molecule has 276 valence electrons. The highest BCUT2D eigenvalue weighted by atomic mass is 16.6. The number of nitrogens with zero attached hydrogens (tertiary/aromatic N) is 2. The number of hydrogen-bond acceptors (Lipinski definition) is 8. The largest absolute Gasteiger partial charge is 0.447 e. The number of alkyl carbamates (subject to hydrolysis) is 1. The molecule has 0 spiro atoms. The van der Waals surface area contributed by atoms with Crippen LogP contribution in [0.4, 0.5) is 4.79 Å². The van der Waals surface area contributed by atoms with Gasteiger partial charge in [-0.1, -0.05) is 78.3 Å². The molecule has 12 heteroatoms. The lowest BCUT2D eigenvalue weighted by molar-refractivity contribution is -0.145. The van der Waals surface area contributed by atoms with Gasteiger partial charge in [-0.25, -0.2) is 4.79 Å². The van der Waals surface area contributed by atoms with Crippen molar-refractivity contribution in [3.05, 3.63) is 35.9 Å². The van der Waals surface area contributed by atoms with Gasteiger partial charge in [-0.3, -0.25) is 28.8 Å². The third-order valence-corrected chi connectivity index (χ3v) is 9.97. The van der Waals surface area contributed by atoms with E-state index in [9.17, 15) is 33.6 Å². The van der Waals surface area contributed by atoms with E-state index in [1.807, 2.05) is 27.7 Å². The number of fused-ring (bicyclic) bond motifs is 1. The molecule has 1 aromatic rings. The molecule has 2 fully saturated rings. The molecule has 1 saturated carbocycles. The molecule has 0 radical (unpaired) electrons. The van der Waals surface area contributed by atoms with Gasteiger partial charge in [0.05, 0.1) is 12.1 Å². The summed E-state index contributed by atoms with van der Waals surface area (Å²) in [5.41, 5.74) is -0.287. The van der Waals surface area contributed by atoms with Gasteiger partial charge < -0.3 is 25.2 Å². The van der Waals surface area contributed by atoms with Crippen LogP contribution in [0, 0.1) is 28.6 Å². The molecule has 4 amide bonds. The van der Waals surface area contributed by atoms with Crippen LogP contribution in [0.2, 0.25) is 0 Å². The Labute approximate surface area is 296 Å². The van der Waals surface area contributed by atoms with Gasteiger partial charge in [0, 0.05) is 45.8 Å². The van der Waals surface area contributed by atoms with Crippen LogP contribution in [0.15, 0.2) is 30.3 Å². The number of likely N-dealkylation sites (N-methyl/N-ethyl adjacent to an activating group) is 1. The molecule has 1 aliphatic carbocycles. The first-order valence-electron chi connectivity index (χ1n) is 17.6. The number of carbonyl (C=O) groups excluding carboxylic acids is 7. The van der Waals surface area contributed by atoms with Crippen molar-refractivity contribution in [2.45, 2.75) is 112 Å². The maximum Gasteiger partial charge on any atom is 0.408 e. The number of rotatable bonds is 16. The van der Waals surface area contributed by atoms with Crippen molar-refractivity contribution in [3.63, 3.8) is 0 Å². The minimum Gasteiger partial charge on any atom is -0.447 e. The Morgan fingerprint density at radius 1 is 0.980 bits per heavy atom. The van der Waals surface area contributed by atoms with E-state index in [1.165, 1.54) is 4.90 Å². The number of nitrogens with one attached hydrogen (secondary N) is 2. The Balaban J connectivity index is 1.72. The average Bonchev–Trinajstić information content (AvgIpc) is 3.33. The van der Waals surface area contributed by atoms with Crippen LogP contribution in [0.25, 0.3) is 0 Å². The first-order valence-corrected chi connectivity index (χ1v) is 17.6. The van der Waals surface area contributed by atoms with Crippen molar-refractivity contribution in [1.29, 1.82) is 0 Å². The van der Waals surface area contributed by atoms with Crippen molar-refractivity contribution >= 4 is 41.2 Å². The number of ketones is 3. The molecular formula is C38H56N4O8. The van der Waals surface area contributed by atoms with Gasteiger partial charge in [0.2, 0.25) is 23.5 Å². The first kappa shape index (κ1) is 40.3. The second kappa shape index (κ2) is 16.3. The molecule has 3 unspecified atom stereocenters. The topological polar surface area (TPSA) is 159 Å². The molecule has 3 rings (SSSR count). The van der Waals surface area contributed by atoms with Gasteiger partial charge in [-0.05, 0) is 48.5 Å². The first-order chi connectivity index (χ1) is 23.2. The van der Waals surface area contributed by atoms with Gasteiger partial charge in [0.15, 0.2) is 11.6 Å². The number of hydrogen-bond donors (Lipinski definition) is 2. The molecule has 2 N–H and O–H groups in total. The molecule has 1 saturated heterocycles. The Morgan fingerprint density at radius 2 is 1.60 bits per heavy atom. The highest BCUT2D eigenvalue weighted by molar-refractivity contribution is 6.38. The number of carbonyl (C=O) groups is 7. The SMILES string of the molecule is CCCC(CC(=O)[C@@H]1C2C(CN1C(=O)[C@@H](NC(=O)OC(C)C)C(C)(C)C)C2(C)C)C(=O)C(=O)CCC(=O)N[C@H](C(=O)N(C)C)c1ccccc1. The molecule has 0 aromatic heterocycles. The Kier molecular flexibility index (Phi) is 13.1. The van der Waals surface area contributed by atoms with Crippen LogP contribution in [0.3, 0.4) is 0 Å². The van der Waals surface area contributed by atoms with Crippen LogP contribution in [0.5, 0.6) is 0 Å². The van der Waals surface area contributed by atoms with Crippen LogP contribution in [0.1, 0.15) is 99.1 Å². The van der Waals surface area contributed by atoms with E-state index in [1.54, 1.807) is 63.2 Å². The van der Waals surface area contributed by atoms with E-state index >= 15 is 0 Å². The van der Waals surface area contributed by atoms with E-state index in [4.69, 9.17) is 4.74 Å². The predicted molar refractivity (Wildman–Crippen MR) is 188 cm³/mol. The third kappa shape index (κ3) is 9.57. The van der Waals surface area contributed by atoms with E-state index < -0.39 is 53.0 Å². The highest BCUT2D eigenvalue weighted by Crippen LogP contribution is 2.65. The van der Waals surface area contributed by atoms with E-state index in [0.29, 0.717) is 24.9 Å². The van der Waals surface area contributed by atoms with Gasteiger partial charge in [0.25, 0.3) is 0 Å². The van der Waals surface area contributed by atoms with E-state index in [0.717, 1.165) is 0 Å². The summed E-state index contributed by atoms with van der Waals surface area (Å²) in [6.07, 6.45) is -1.15. The molecule has 12 nitrogen and oxygen atoms in total. The summed E-state index contributed by atoms with van der Waals surface area (Å²) < 4.78 is 5.25. The molecule has 6 atom stereocenters. The van der Waals surface area contributed by atoms with Gasteiger partial charge >= 0.3 is 6.09 Å². The maximum absolute atomic E-state index is 14.1. The molecule has 1 heterocycles. The van der Waals surface area contributed by atoms with Crippen LogP contribution in [-0.2, 0) is 33.5 Å². The summed E-state index contributed by atoms with van der Waals surface area (Å²) in [4.78, 5) is 96.0. The van der Waals surface area contributed by atoms with Crippen molar-refractivity contribution in [2.24, 2.45) is 28.6 Å². The summed E-state index contributed by atoms with van der Waals surface area (Å²) >= 11 is 0. The minimum atomic E-state index is -0.958. The lowest BCUT2D eigenvalue weighted by Gasteiger charge is -2.37. The molecular weight excluding hydrogens is 640 g/mol. The predicted octanol–water partition coefficient (Wildman–Crippen LogP) is 4.26. The minimum absolute atomic E-state index is 0.0863. The monoisotopic (exact) mass is 696 g/mol. The smallest absolute Gasteiger partial charge is 0.408 e. The fourth-order valence-corrected chi connectivity index (χ4v) is 7.10. The standard InChI is InChI=1S/C38H56N4O8/c1-11-15-24(32(46)26(43)18-19-28(45)39-30(34(47)41(9)10)23-16-13-12-14-17-23)20-27(44)31-29-25(38(29,7)8)21-42(31)35(48)33(37(4,5)6)40-36(49)50-22(2)3/h12-14,16-17,22,24-25,29-31,33H,11,15,18-21H2,1-10H3,(H,39,45)(H,40,49)/t24?,25?,29?,30-,31+,33+/m0/s1. The van der Waals surface area contributed by atoms with Gasteiger partial charge in [0.1, 0.15) is 12.1 Å². The van der Waals surface area contributed by atoms with Gasteiger partial charge in [-0.2, -0.15) is 0 Å². The second-order valence-electron chi connectivity index (χ2n) is 15.9. The van der Waals surface area contributed by atoms with Crippen LogP contribution < -0.4 is 10.6 Å². The van der Waals surface area contributed by atoms with Crippen LogP contribution >= 0.6 is 0 Å². The van der Waals surface area contributed by atoms with Crippen molar-refractivity contribution in [1.82, 2.24) is 20.4 Å². The van der Waals surface area contributed by atoms with Crippen molar-refractivity contribution in [2.75, 3.05) is 20.6 Å². The molecule has 1 aromatic carbocycles. The average molecular weight is 697 g/mol. The molecule has 0 bridgehead atoms. The Morgan fingerprint density at radius 3 is 2.14 bits per heavy atom. The van der Waals surface area contributed by atoms with Gasteiger partial charge in [-0.15, -0.1) is 0 Å². The normalized spacial score (nSPS) is 20.9. The number of ether oxygens (including phenoxy) is 1. The summed E-state index contributed by atoms with van der Waals surface area (Å²) in [6, 6.07) is 6.04. The molecule has 2 aliphatic rings. The van der Waals surface area contributed by atoms with Crippen LogP contribution in [-0.4, -0.2) is 89.8 Å². The summed E-state index contributed by atoms with van der Waals surface area (Å²) in [6.45, 7) is 15.2. The molecule has 1 aliphatic heterocycles.